The molecule has 2 heterocycles. The number of fused-ring (bicyclic) bond motifs is 1. The average Bonchev–Trinajstić information content (AvgIpc) is 2.87. The first kappa shape index (κ1) is 25.0. The molecule has 1 aromatic heterocycles. The van der Waals surface area contributed by atoms with Gasteiger partial charge in [-0.2, -0.15) is 0 Å². The zero-order chi connectivity index (χ0) is 25.9. The number of amides is 2. The van der Waals surface area contributed by atoms with Gasteiger partial charge >= 0.3 is 0 Å². The van der Waals surface area contributed by atoms with Gasteiger partial charge in [-0.25, -0.2) is 4.98 Å². The minimum atomic E-state index is -0.441. The Morgan fingerprint density at radius 2 is 1.64 bits per heavy atom. The molecule has 0 spiro atoms. The first-order valence-corrected chi connectivity index (χ1v) is 12.0. The molecule has 0 atom stereocenters. The van der Waals surface area contributed by atoms with Crippen LogP contribution in [-0.4, -0.2) is 51.6 Å². The molecule has 0 radical (unpaired) electrons. The number of ketones is 1. The van der Waals surface area contributed by atoms with Gasteiger partial charge in [0, 0.05) is 35.7 Å². The number of likely N-dealkylation sites (tertiary alicyclic amines) is 1. The summed E-state index contributed by atoms with van der Waals surface area (Å²) < 4.78 is 0. The van der Waals surface area contributed by atoms with Crippen molar-refractivity contribution in [1.82, 2.24) is 20.2 Å². The van der Waals surface area contributed by atoms with E-state index in [-0.39, 0.29) is 34.9 Å². The van der Waals surface area contributed by atoms with E-state index in [2.05, 4.69) is 15.3 Å². The summed E-state index contributed by atoms with van der Waals surface area (Å²) in [7, 11) is 0. The molecular formula is C28H30N4O4. The van der Waals surface area contributed by atoms with Gasteiger partial charge in [0.2, 0.25) is 5.91 Å². The Labute approximate surface area is 209 Å². The Bertz CT molecular complexity index is 1380. The van der Waals surface area contributed by atoms with Gasteiger partial charge in [0.05, 0.1) is 11.0 Å². The summed E-state index contributed by atoms with van der Waals surface area (Å²) >= 11 is 0. The Kier molecular flexibility index (Phi) is 7.15. The summed E-state index contributed by atoms with van der Waals surface area (Å²) in [5.41, 5.74) is 1.50. The van der Waals surface area contributed by atoms with Crippen molar-refractivity contribution >= 4 is 34.7 Å². The Morgan fingerprint density at radius 1 is 1.00 bits per heavy atom. The maximum absolute atomic E-state index is 12.9. The third kappa shape index (κ3) is 5.76. The minimum absolute atomic E-state index is 0.0163. The third-order valence-electron chi connectivity index (χ3n) is 6.23. The molecule has 0 unspecified atom stereocenters. The zero-order valence-electron chi connectivity index (χ0n) is 20.7. The van der Waals surface area contributed by atoms with Crippen LogP contribution in [0.1, 0.15) is 60.0 Å². The quantitative estimate of drug-likeness (QED) is 0.423. The molecule has 4 rings (SSSR count). The van der Waals surface area contributed by atoms with Gasteiger partial charge < -0.3 is 15.2 Å². The second-order valence-corrected chi connectivity index (χ2v) is 10.0. The number of carbonyl (C=O) groups excluding carboxylic acids is 3. The van der Waals surface area contributed by atoms with Crippen LogP contribution in [-0.2, 0) is 4.79 Å². The molecule has 0 aliphatic carbocycles. The molecule has 1 aliphatic heterocycles. The van der Waals surface area contributed by atoms with Gasteiger partial charge in [0.15, 0.2) is 5.78 Å². The van der Waals surface area contributed by atoms with Crippen molar-refractivity contribution in [2.45, 2.75) is 39.7 Å². The molecule has 8 heteroatoms. The van der Waals surface area contributed by atoms with Gasteiger partial charge in [0.25, 0.3) is 11.5 Å². The van der Waals surface area contributed by atoms with Gasteiger partial charge in [-0.3, -0.25) is 19.2 Å². The number of rotatable bonds is 5. The lowest BCUT2D eigenvalue weighted by molar-refractivity contribution is -0.129. The van der Waals surface area contributed by atoms with Crippen molar-refractivity contribution in [3.05, 3.63) is 81.8 Å². The smallest absolute Gasteiger partial charge is 0.274 e. The molecular weight excluding hydrogens is 456 g/mol. The number of para-hydroxylation sites is 2. The summed E-state index contributed by atoms with van der Waals surface area (Å²) in [6.07, 6.45) is 4.11. The molecule has 36 heavy (non-hydrogen) atoms. The number of nitrogens with zero attached hydrogens (tertiary/aromatic N) is 2. The first-order valence-electron chi connectivity index (χ1n) is 12.0. The van der Waals surface area contributed by atoms with Crippen molar-refractivity contribution in [2.24, 2.45) is 5.41 Å². The maximum Gasteiger partial charge on any atom is 0.274 e. The fourth-order valence-electron chi connectivity index (χ4n) is 4.00. The molecule has 1 fully saturated rings. The Morgan fingerprint density at radius 3 is 2.31 bits per heavy atom. The van der Waals surface area contributed by atoms with E-state index >= 15 is 0 Å². The van der Waals surface area contributed by atoms with Gasteiger partial charge in [-0.05, 0) is 49.3 Å². The Balaban J connectivity index is 1.36. The monoisotopic (exact) mass is 486 g/mol. The summed E-state index contributed by atoms with van der Waals surface area (Å²) in [5, 5.41) is 3.07. The van der Waals surface area contributed by atoms with Crippen molar-refractivity contribution < 1.29 is 14.4 Å². The summed E-state index contributed by atoms with van der Waals surface area (Å²) in [6.45, 7) is 6.76. The number of nitrogens with one attached hydrogen (secondary N) is 2. The van der Waals surface area contributed by atoms with E-state index in [4.69, 9.17) is 0 Å². The molecule has 186 valence electrons. The van der Waals surface area contributed by atoms with Crippen molar-refractivity contribution in [1.29, 1.82) is 0 Å². The first-order chi connectivity index (χ1) is 17.1. The second kappa shape index (κ2) is 10.3. The molecule has 1 aliphatic rings. The zero-order valence-corrected chi connectivity index (χ0v) is 20.7. The van der Waals surface area contributed by atoms with Crippen LogP contribution in [0.4, 0.5) is 0 Å². The predicted octanol–water partition coefficient (Wildman–Crippen LogP) is 3.59. The largest absolute Gasteiger partial charge is 0.353 e. The number of aromatic amines is 1. The molecule has 0 bridgehead atoms. The molecule has 0 saturated carbocycles. The van der Waals surface area contributed by atoms with Gasteiger partial charge in [0.1, 0.15) is 5.69 Å². The molecule has 8 nitrogen and oxygen atoms in total. The highest BCUT2D eigenvalue weighted by Gasteiger charge is 2.28. The van der Waals surface area contributed by atoms with Gasteiger partial charge in [-0.15, -0.1) is 0 Å². The lowest BCUT2D eigenvalue weighted by Gasteiger charge is -2.33. The predicted molar refractivity (Wildman–Crippen MR) is 139 cm³/mol. The number of carbonyl (C=O) groups is 3. The van der Waals surface area contributed by atoms with Crippen LogP contribution >= 0.6 is 0 Å². The summed E-state index contributed by atoms with van der Waals surface area (Å²) in [6, 6.07) is 13.7. The SMILES string of the molecule is CC(C)(C)C(=O)NC1CCN(C(=O)c2ccc(C(=O)C=Cc3nc4ccccc4[nH]c3=O)cc2)CC1. The summed E-state index contributed by atoms with van der Waals surface area (Å²) in [5.74, 6) is -0.376. The van der Waals surface area contributed by atoms with Crippen LogP contribution < -0.4 is 10.9 Å². The maximum atomic E-state index is 12.9. The van der Waals surface area contributed by atoms with E-state index in [1.807, 2.05) is 32.9 Å². The van der Waals surface area contributed by atoms with Crippen LogP contribution in [0.2, 0.25) is 0 Å². The molecule has 2 amide bonds. The highest BCUT2D eigenvalue weighted by molar-refractivity contribution is 6.07. The van der Waals surface area contributed by atoms with Crippen molar-refractivity contribution in [2.75, 3.05) is 13.1 Å². The number of benzene rings is 2. The van der Waals surface area contributed by atoms with E-state index in [9.17, 15) is 19.2 Å². The fraction of sp³-hybridized carbons (Fsp3) is 0.321. The van der Waals surface area contributed by atoms with Crippen molar-refractivity contribution in [3.63, 3.8) is 0 Å². The number of hydrogen-bond donors (Lipinski definition) is 2. The topological polar surface area (TPSA) is 112 Å². The third-order valence-corrected chi connectivity index (χ3v) is 6.23. The number of H-pyrrole nitrogens is 1. The molecule has 1 saturated heterocycles. The number of aromatic nitrogens is 2. The van der Waals surface area contributed by atoms with Crippen LogP contribution in [0.3, 0.4) is 0 Å². The lowest BCUT2D eigenvalue weighted by Crippen LogP contribution is -2.49. The number of allylic oxidation sites excluding steroid dienone is 1. The van der Waals surface area contributed by atoms with Gasteiger partial charge in [-0.1, -0.05) is 45.0 Å². The molecule has 3 aromatic rings. The summed E-state index contributed by atoms with van der Waals surface area (Å²) in [4.78, 5) is 58.8. The van der Waals surface area contributed by atoms with E-state index in [0.29, 0.717) is 48.1 Å². The van der Waals surface area contributed by atoms with Crippen LogP contribution in [0.15, 0.2) is 59.4 Å². The number of piperidine rings is 1. The average molecular weight is 487 g/mol. The van der Waals surface area contributed by atoms with E-state index in [1.165, 1.54) is 12.2 Å². The fourth-order valence-corrected chi connectivity index (χ4v) is 4.00. The van der Waals surface area contributed by atoms with Crippen LogP contribution in [0.5, 0.6) is 0 Å². The Hall–Kier alpha value is -4.07. The van der Waals surface area contributed by atoms with Crippen LogP contribution in [0.25, 0.3) is 17.1 Å². The standard InChI is InChI=1S/C28H30N4O4/c1-28(2,3)27(36)29-20-14-16-32(17-15-20)26(35)19-10-8-18(9-11-19)24(33)13-12-23-25(34)31-22-7-5-4-6-21(22)30-23/h4-13,20H,14-17H2,1-3H3,(H,29,36)(H,31,34). The van der Waals surface area contributed by atoms with E-state index in [0.717, 1.165) is 0 Å². The highest BCUT2D eigenvalue weighted by Crippen LogP contribution is 2.18. The van der Waals surface area contributed by atoms with E-state index in [1.54, 1.807) is 41.3 Å². The van der Waals surface area contributed by atoms with Crippen LogP contribution in [0, 0.1) is 5.41 Å². The van der Waals surface area contributed by atoms with E-state index < -0.39 is 5.41 Å². The highest BCUT2D eigenvalue weighted by atomic mass is 16.2. The lowest BCUT2D eigenvalue weighted by atomic mass is 9.94. The molecule has 2 aromatic carbocycles. The number of hydrogen-bond acceptors (Lipinski definition) is 5. The van der Waals surface area contributed by atoms with Crippen molar-refractivity contribution in [3.8, 4) is 0 Å². The molecule has 2 N–H and O–H groups in total. The minimum Gasteiger partial charge on any atom is -0.353 e. The normalized spacial score (nSPS) is 14.8. The second-order valence-electron chi connectivity index (χ2n) is 10.0.